The van der Waals surface area contributed by atoms with E-state index in [-0.39, 0.29) is 67.5 Å². The Bertz CT molecular complexity index is 761. The predicted octanol–water partition coefficient (Wildman–Crippen LogP) is -4.37. The summed E-state index contributed by atoms with van der Waals surface area (Å²) in [7, 11) is -9.22. The second-order valence-corrected chi connectivity index (χ2v) is 7.89. The van der Waals surface area contributed by atoms with Crippen LogP contribution in [0.4, 0.5) is 0 Å². The van der Waals surface area contributed by atoms with E-state index in [2.05, 4.69) is 4.99 Å². The number of benzene rings is 1. The van der Waals surface area contributed by atoms with Gasteiger partial charge in [-0.25, -0.2) is 0 Å². The maximum atomic E-state index is 11.3. The molecule has 0 aliphatic rings. The van der Waals surface area contributed by atoms with E-state index in [1.54, 1.807) is 20.8 Å². The summed E-state index contributed by atoms with van der Waals surface area (Å²) >= 11 is 0. The molecule has 11 heteroatoms. The smallest absolute Gasteiger partial charge is 1.00 e. The van der Waals surface area contributed by atoms with Crippen molar-refractivity contribution in [3.8, 4) is 0 Å². The average molecular weight is 369 g/mol. The molecule has 7 nitrogen and oxygen atoms in total. The van der Waals surface area contributed by atoms with Crippen molar-refractivity contribution in [2.75, 3.05) is 0 Å². The minimum atomic E-state index is -4.65. The molecular weight excluding hydrogens is 352 g/mol. The number of hydrogen-bond acceptors (Lipinski definition) is 5. The molecule has 1 aromatic carbocycles. The summed E-state index contributed by atoms with van der Waals surface area (Å²) < 4.78 is 62.5. The van der Waals surface area contributed by atoms with Gasteiger partial charge in [-0.3, -0.25) is 14.1 Å². The van der Waals surface area contributed by atoms with Gasteiger partial charge in [0.1, 0.15) is 4.90 Å². The first kappa shape index (κ1) is 25.0. The van der Waals surface area contributed by atoms with E-state index in [1.807, 2.05) is 0 Å². The van der Waals surface area contributed by atoms with Crippen LogP contribution in [0.3, 0.4) is 0 Å². The molecule has 0 saturated carbocycles. The molecule has 22 heavy (non-hydrogen) atoms. The van der Waals surface area contributed by atoms with Gasteiger partial charge in [0.2, 0.25) is 0 Å². The van der Waals surface area contributed by atoms with Crippen LogP contribution in [0.1, 0.15) is 29.2 Å². The summed E-state index contributed by atoms with van der Waals surface area (Å²) in [5.74, 6) is 0. The molecular formula is C11H17NNa2O6S2. The fourth-order valence-corrected chi connectivity index (χ4v) is 2.54. The molecule has 0 bridgehead atoms. The molecule has 0 saturated heterocycles. The Kier molecular flexibility index (Phi) is 9.87. The third-order valence-electron chi connectivity index (χ3n) is 2.15. The molecule has 0 amide bonds. The molecule has 0 unspecified atom stereocenters. The van der Waals surface area contributed by atoms with Crippen molar-refractivity contribution in [1.29, 1.82) is 0 Å². The van der Waals surface area contributed by atoms with Crippen molar-refractivity contribution < 1.29 is 87.9 Å². The van der Waals surface area contributed by atoms with E-state index in [0.717, 1.165) is 12.1 Å². The van der Waals surface area contributed by atoms with E-state index in [1.165, 1.54) is 6.21 Å². The topological polar surface area (TPSA) is 121 Å². The van der Waals surface area contributed by atoms with Gasteiger partial charge in [0.05, 0.1) is 10.4 Å². The molecule has 0 fully saturated rings. The van der Waals surface area contributed by atoms with Gasteiger partial charge in [0.25, 0.3) is 20.2 Å². The molecule has 0 aliphatic heterocycles. The summed E-state index contributed by atoms with van der Waals surface area (Å²) in [4.78, 5) is 2.82. The minimum absolute atomic E-state index is 0. The van der Waals surface area contributed by atoms with Gasteiger partial charge in [-0.1, -0.05) is 6.07 Å². The fourth-order valence-electron chi connectivity index (χ4n) is 1.27. The Morgan fingerprint density at radius 2 is 1.55 bits per heavy atom. The van der Waals surface area contributed by atoms with Crippen molar-refractivity contribution in [3.63, 3.8) is 0 Å². The maximum Gasteiger partial charge on any atom is 1.00 e. The van der Waals surface area contributed by atoms with Gasteiger partial charge in [-0.15, -0.1) is 0 Å². The second kappa shape index (κ2) is 8.70. The molecule has 0 radical (unpaired) electrons. The van der Waals surface area contributed by atoms with Crippen LogP contribution in [0.2, 0.25) is 0 Å². The van der Waals surface area contributed by atoms with Gasteiger partial charge < -0.3 is 2.85 Å². The van der Waals surface area contributed by atoms with Crippen LogP contribution in [0.25, 0.3) is 0 Å². The molecule has 0 heterocycles. The van der Waals surface area contributed by atoms with Crippen molar-refractivity contribution in [1.82, 2.24) is 0 Å². The summed E-state index contributed by atoms with van der Waals surface area (Å²) in [6, 6.07) is 2.84. The normalized spacial score (nSPS) is 12.6. The summed E-state index contributed by atoms with van der Waals surface area (Å²) in [5, 5.41) is 0. The first-order valence-corrected chi connectivity index (χ1v) is 8.33. The van der Waals surface area contributed by atoms with Crippen molar-refractivity contribution in [2.45, 2.75) is 36.1 Å². The van der Waals surface area contributed by atoms with Crippen LogP contribution >= 0.6 is 0 Å². The quantitative estimate of drug-likeness (QED) is 0.315. The minimum Gasteiger partial charge on any atom is -1.00 e. The van der Waals surface area contributed by atoms with Gasteiger partial charge >= 0.3 is 59.1 Å². The molecule has 116 valence electrons. The van der Waals surface area contributed by atoms with E-state index >= 15 is 0 Å². The Balaban J connectivity index is -0.000000500. The van der Waals surface area contributed by atoms with Gasteiger partial charge in [-0.2, -0.15) is 16.8 Å². The van der Waals surface area contributed by atoms with Crippen LogP contribution in [-0.4, -0.2) is 37.7 Å². The van der Waals surface area contributed by atoms with Crippen molar-refractivity contribution in [2.24, 2.45) is 4.99 Å². The Hall–Kier alpha value is 0.710. The summed E-state index contributed by atoms with van der Waals surface area (Å²) in [6.45, 7) is 5.34. The first-order valence-electron chi connectivity index (χ1n) is 5.45. The summed E-state index contributed by atoms with van der Waals surface area (Å²) in [6.07, 6.45) is 1.22. The number of rotatable bonds is 3. The van der Waals surface area contributed by atoms with Crippen LogP contribution in [0, 0.1) is 0 Å². The third-order valence-corrected chi connectivity index (χ3v) is 3.91. The van der Waals surface area contributed by atoms with Crippen LogP contribution in [0.5, 0.6) is 0 Å². The zero-order valence-corrected chi connectivity index (χ0v) is 18.7. The fraction of sp³-hybridized carbons (Fsp3) is 0.364. The molecule has 0 atom stereocenters. The SMILES string of the molecule is CC(C)(C)N=Cc1ccc(S(=O)(=O)O)cc1S(=O)(=O)O.[H-].[H-].[Na+].[Na+]. The van der Waals surface area contributed by atoms with Crippen LogP contribution < -0.4 is 59.1 Å². The molecule has 2 N–H and O–H groups in total. The largest absolute Gasteiger partial charge is 1.00 e. The Labute approximate surface area is 177 Å². The first-order chi connectivity index (χ1) is 8.81. The third kappa shape index (κ3) is 8.00. The Morgan fingerprint density at radius 3 is 1.91 bits per heavy atom. The zero-order chi connectivity index (χ0) is 15.8. The second-order valence-electron chi connectivity index (χ2n) is 5.08. The van der Waals surface area contributed by atoms with Crippen LogP contribution in [-0.2, 0) is 20.2 Å². The van der Waals surface area contributed by atoms with Gasteiger partial charge in [0, 0.05) is 11.8 Å². The molecule has 0 spiro atoms. The van der Waals surface area contributed by atoms with E-state index in [4.69, 9.17) is 9.11 Å². The Morgan fingerprint density at radius 1 is 1.05 bits per heavy atom. The van der Waals surface area contributed by atoms with Crippen molar-refractivity contribution >= 4 is 26.5 Å². The monoisotopic (exact) mass is 369 g/mol. The molecule has 0 aliphatic carbocycles. The summed E-state index contributed by atoms with van der Waals surface area (Å²) in [5.41, 5.74) is -0.451. The molecule has 0 aromatic heterocycles. The van der Waals surface area contributed by atoms with Gasteiger partial charge in [-0.05, 0) is 32.9 Å². The molecule has 1 aromatic rings. The van der Waals surface area contributed by atoms with E-state index in [0.29, 0.717) is 6.07 Å². The average Bonchev–Trinajstić information content (AvgIpc) is 2.22. The number of aliphatic imine (C=N–C) groups is 1. The predicted molar refractivity (Wildman–Crippen MR) is 75.6 cm³/mol. The van der Waals surface area contributed by atoms with Crippen molar-refractivity contribution in [3.05, 3.63) is 23.8 Å². The standard InChI is InChI=1S/C11H15NO6S2.2Na.2H/c1-11(2,3)12-7-8-4-5-9(19(13,14)15)6-10(8)20(16,17)18;;;;/h4-7H,1-3H3,(H,13,14,15)(H,16,17,18);;;;/q;2*+1;2*-1. The van der Waals surface area contributed by atoms with E-state index in [9.17, 15) is 16.8 Å². The number of hydrogen-bond donors (Lipinski definition) is 2. The van der Waals surface area contributed by atoms with E-state index < -0.39 is 35.6 Å². The molecule has 1 rings (SSSR count). The van der Waals surface area contributed by atoms with Gasteiger partial charge in [0.15, 0.2) is 0 Å². The maximum absolute atomic E-state index is 11.3. The number of nitrogens with zero attached hydrogens (tertiary/aromatic N) is 1. The zero-order valence-electron chi connectivity index (χ0n) is 15.1. The van der Waals surface area contributed by atoms with Crippen LogP contribution in [0.15, 0.2) is 33.0 Å².